The lowest BCUT2D eigenvalue weighted by atomic mass is 10.1. The van der Waals surface area contributed by atoms with Gasteiger partial charge in [0.25, 0.3) is 0 Å². The number of methoxy groups -OCH3 is 2. The molecule has 0 aromatic heterocycles. The van der Waals surface area contributed by atoms with E-state index in [2.05, 4.69) is 29.6 Å². The minimum atomic E-state index is 0.751. The monoisotopic (exact) mass is 271 g/mol. The fourth-order valence-corrected chi connectivity index (χ4v) is 2.12. The molecule has 0 saturated heterocycles. The molecular weight excluding hydrogens is 250 g/mol. The van der Waals surface area contributed by atoms with Crippen LogP contribution in [0, 0.1) is 0 Å². The van der Waals surface area contributed by atoms with Crippen LogP contribution in [0.4, 0.5) is 5.69 Å². The Morgan fingerprint density at radius 1 is 0.900 bits per heavy atom. The van der Waals surface area contributed by atoms with Crippen molar-refractivity contribution in [1.29, 1.82) is 0 Å². The molecule has 2 rings (SSSR count). The maximum Gasteiger partial charge on any atom is 0.162 e. The van der Waals surface area contributed by atoms with Gasteiger partial charge in [-0.3, -0.25) is 0 Å². The molecule has 0 heterocycles. The molecule has 0 aliphatic carbocycles. The van der Waals surface area contributed by atoms with E-state index in [9.17, 15) is 0 Å². The lowest BCUT2D eigenvalue weighted by Gasteiger charge is -2.11. The third-order valence-corrected chi connectivity index (χ3v) is 3.20. The lowest BCUT2D eigenvalue weighted by molar-refractivity contribution is 0.355. The summed E-state index contributed by atoms with van der Waals surface area (Å²) in [6.07, 6.45) is 2.18. The van der Waals surface area contributed by atoms with Crippen LogP contribution in [0.5, 0.6) is 11.5 Å². The Hall–Kier alpha value is -2.16. The van der Waals surface area contributed by atoms with Crippen LogP contribution in [0.15, 0.2) is 48.5 Å². The molecule has 2 aromatic rings. The van der Waals surface area contributed by atoms with Crippen LogP contribution in [0.1, 0.15) is 12.0 Å². The largest absolute Gasteiger partial charge is 0.493 e. The van der Waals surface area contributed by atoms with E-state index in [0.29, 0.717) is 0 Å². The number of ether oxygens (including phenoxy) is 2. The zero-order valence-corrected chi connectivity index (χ0v) is 12.1. The molecule has 3 nitrogen and oxygen atoms in total. The van der Waals surface area contributed by atoms with E-state index >= 15 is 0 Å². The van der Waals surface area contributed by atoms with E-state index < -0.39 is 0 Å². The van der Waals surface area contributed by atoms with Gasteiger partial charge in [-0.1, -0.05) is 30.3 Å². The van der Waals surface area contributed by atoms with Crippen molar-refractivity contribution in [2.75, 3.05) is 26.1 Å². The SMILES string of the molecule is COc1ccc(NCCCc2ccccc2)cc1OC. The summed E-state index contributed by atoms with van der Waals surface area (Å²) in [4.78, 5) is 0. The summed E-state index contributed by atoms with van der Waals surface area (Å²) in [6, 6.07) is 16.4. The molecular formula is C17H21NO2. The van der Waals surface area contributed by atoms with Gasteiger partial charge < -0.3 is 14.8 Å². The number of benzene rings is 2. The van der Waals surface area contributed by atoms with E-state index in [1.807, 2.05) is 24.3 Å². The first-order chi connectivity index (χ1) is 9.83. The summed E-state index contributed by atoms with van der Waals surface area (Å²) in [5, 5.41) is 3.41. The summed E-state index contributed by atoms with van der Waals surface area (Å²) in [5.74, 6) is 1.50. The molecule has 0 spiro atoms. The van der Waals surface area contributed by atoms with Crippen molar-refractivity contribution < 1.29 is 9.47 Å². The Morgan fingerprint density at radius 3 is 2.35 bits per heavy atom. The smallest absolute Gasteiger partial charge is 0.162 e. The predicted octanol–water partition coefficient (Wildman–Crippen LogP) is 3.75. The zero-order valence-electron chi connectivity index (χ0n) is 12.1. The molecule has 2 aromatic carbocycles. The van der Waals surface area contributed by atoms with Crippen molar-refractivity contribution >= 4 is 5.69 Å². The number of rotatable bonds is 7. The molecule has 0 fully saturated rings. The third-order valence-electron chi connectivity index (χ3n) is 3.20. The van der Waals surface area contributed by atoms with Crippen LogP contribution in [0.2, 0.25) is 0 Å². The van der Waals surface area contributed by atoms with Gasteiger partial charge in [0.2, 0.25) is 0 Å². The number of aryl methyl sites for hydroxylation is 1. The highest BCUT2D eigenvalue weighted by atomic mass is 16.5. The van der Waals surface area contributed by atoms with Crippen LogP contribution in [-0.4, -0.2) is 20.8 Å². The minimum absolute atomic E-state index is 0.751. The van der Waals surface area contributed by atoms with Gasteiger partial charge in [0.1, 0.15) is 0 Å². The number of anilines is 1. The molecule has 0 radical (unpaired) electrons. The van der Waals surface area contributed by atoms with Crippen molar-refractivity contribution in [1.82, 2.24) is 0 Å². The summed E-state index contributed by atoms with van der Waals surface area (Å²) in [7, 11) is 3.29. The molecule has 0 unspecified atom stereocenters. The van der Waals surface area contributed by atoms with Gasteiger partial charge in [-0.2, -0.15) is 0 Å². The van der Waals surface area contributed by atoms with Gasteiger partial charge in [-0.05, 0) is 30.5 Å². The van der Waals surface area contributed by atoms with Crippen molar-refractivity contribution in [3.8, 4) is 11.5 Å². The normalized spacial score (nSPS) is 10.1. The highest BCUT2D eigenvalue weighted by molar-refractivity contribution is 5.54. The van der Waals surface area contributed by atoms with E-state index in [1.165, 1.54) is 5.56 Å². The van der Waals surface area contributed by atoms with E-state index in [1.54, 1.807) is 14.2 Å². The van der Waals surface area contributed by atoms with Crippen LogP contribution in [0.3, 0.4) is 0 Å². The summed E-state index contributed by atoms with van der Waals surface area (Å²) < 4.78 is 10.5. The average molecular weight is 271 g/mol. The van der Waals surface area contributed by atoms with Gasteiger partial charge in [0, 0.05) is 18.3 Å². The highest BCUT2D eigenvalue weighted by Crippen LogP contribution is 2.29. The zero-order chi connectivity index (χ0) is 14.2. The number of nitrogens with one attached hydrogen (secondary N) is 1. The molecule has 0 aliphatic rings. The van der Waals surface area contributed by atoms with Crippen molar-refractivity contribution in [3.05, 3.63) is 54.1 Å². The first kappa shape index (κ1) is 14.3. The molecule has 1 N–H and O–H groups in total. The van der Waals surface area contributed by atoms with Gasteiger partial charge in [-0.15, -0.1) is 0 Å². The Kier molecular flexibility index (Phi) is 5.30. The van der Waals surface area contributed by atoms with E-state index in [4.69, 9.17) is 9.47 Å². The maximum absolute atomic E-state index is 5.29. The highest BCUT2D eigenvalue weighted by Gasteiger charge is 2.03. The molecule has 0 aliphatic heterocycles. The van der Waals surface area contributed by atoms with Crippen LogP contribution in [-0.2, 0) is 6.42 Å². The van der Waals surface area contributed by atoms with Crippen LogP contribution < -0.4 is 14.8 Å². The molecule has 20 heavy (non-hydrogen) atoms. The standard InChI is InChI=1S/C17H21NO2/c1-19-16-11-10-15(13-17(16)20-2)18-12-6-9-14-7-4-3-5-8-14/h3-5,7-8,10-11,13,18H,6,9,12H2,1-2H3. The molecule has 0 bridgehead atoms. The van der Waals surface area contributed by atoms with E-state index in [0.717, 1.165) is 36.6 Å². The topological polar surface area (TPSA) is 30.5 Å². The lowest BCUT2D eigenvalue weighted by Crippen LogP contribution is -2.03. The first-order valence-corrected chi connectivity index (χ1v) is 6.83. The Labute approximate surface area is 120 Å². The van der Waals surface area contributed by atoms with Gasteiger partial charge in [-0.25, -0.2) is 0 Å². The van der Waals surface area contributed by atoms with Crippen molar-refractivity contribution in [2.45, 2.75) is 12.8 Å². The minimum Gasteiger partial charge on any atom is -0.493 e. The third kappa shape index (κ3) is 3.92. The molecule has 0 saturated carbocycles. The van der Waals surface area contributed by atoms with Crippen LogP contribution in [0.25, 0.3) is 0 Å². The second kappa shape index (κ2) is 7.43. The fraction of sp³-hybridized carbons (Fsp3) is 0.294. The predicted molar refractivity (Wildman–Crippen MR) is 82.8 cm³/mol. The molecule has 3 heteroatoms. The summed E-state index contributed by atoms with van der Waals surface area (Å²) in [5.41, 5.74) is 2.43. The first-order valence-electron chi connectivity index (χ1n) is 6.83. The quantitative estimate of drug-likeness (QED) is 0.778. The molecule has 0 amide bonds. The molecule has 0 atom stereocenters. The van der Waals surface area contributed by atoms with Crippen LogP contribution >= 0.6 is 0 Å². The van der Waals surface area contributed by atoms with Gasteiger partial charge in [0.05, 0.1) is 14.2 Å². The summed E-state index contributed by atoms with van der Waals surface area (Å²) in [6.45, 7) is 0.935. The van der Waals surface area contributed by atoms with Gasteiger partial charge >= 0.3 is 0 Å². The Balaban J connectivity index is 1.82. The summed E-state index contributed by atoms with van der Waals surface area (Å²) >= 11 is 0. The van der Waals surface area contributed by atoms with Crippen molar-refractivity contribution in [2.24, 2.45) is 0 Å². The molecule has 106 valence electrons. The fourth-order valence-electron chi connectivity index (χ4n) is 2.12. The van der Waals surface area contributed by atoms with Gasteiger partial charge in [0.15, 0.2) is 11.5 Å². The number of hydrogen-bond donors (Lipinski definition) is 1. The average Bonchev–Trinajstić information content (AvgIpc) is 2.52. The van der Waals surface area contributed by atoms with E-state index in [-0.39, 0.29) is 0 Å². The second-order valence-electron chi connectivity index (χ2n) is 4.59. The second-order valence-corrected chi connectivity index (χ2v) is 4.59. The van der Waals surface area contributed by atoms with Crippen molar-refractivity contribution in [3.63, 3.8) is 0 Å². The number of hydrogen-bond acceptors (Lipinski definition) is 3. The maximum atomic E-state index is 5.29. The Bertz CT molecular complexity index is 526. The Morgan fingerprint density at radius 2 is 1.65 bits per heavy atom.